The number of ether oxygens (including phenoxy) is 2. The average molecular weight is 436 g/mol. The van der Waals surface area contributed by atoms with Gasteiger partial charge in [-0.3, -0.25) is 4.79 Å². The molecule has 1 aromatic carbocycles. The summed E-state index contributed by atoms with van der Waals surface area (Å²) in [4.78, 5) is 12.0. The standard InChI is InChI=1S/C18H29N3O5S.ClH/c1-18(2,13-19)21-17(22)6-4-3-5-9-20-27(23,24)14-7-8-15-16(12-14)26-11-10-25-15;/h7-8,12,20H,3-6,9-11,13,19H2,1-2H3,(H,21,22);1H. The van der Waals surface area contributed by atoms with Crippen molar-refractivity contribution in [2.75, 3.05) is 26.3 Å². The number of benzene rings is 1. The molecule has 1 heterocycles. The van der Waals surface area contributed by atoms with Gasteiger partial charge in [0.2, 0.25) is 15.9 Å². The van der Waals surface area contributed by atoms with Gasteiger partial charge in [0, 0.05) is 31.1 Å². The number of rotatable bonds is 10. The number of unbranched alkanes of at least 4 members (excludes halogenated alkanes) is 2. The number of fused-ring (bicyclic) bond motifs is 1. The maximum absolute atomic E-state index is 12.4. The van der Waals surface area contributed by atoms with Crippen LogP contribution in [-0.4, -0.2) is 46.2 Å². The van der Waals surface area contributed by atoms with Gasteiger partial charge in [0.25, 0.3) is 0 Å². The van der Waals surface area contributed by atoms with Crippen molar-refractivity contribution >= 4 is 28.3 Å². The highest BCUT2D eigenvalue weighted by atomic mass is 35.5. The van der Waals surface area contributed by atoms with Gasteiger partial charge >= 0.3 is 0 Å². The highest BCUT2D eigenvalue weighted by Gasteiger charge is 2.19. The van der Waals surface area contributed by atoms with E-state index >= 15 is 0 Å². The Labute approximate surface area is 173 Å². The minimum atomic E-state index is -3.60. The van der Waals surface area contributed by atoms with Crippen molar-refractivity contribution in [3.8, 4) is 11.5 Å². The van der Waals surface area contributed by atoms with E-state index in [1.807, 2.05) is 13.8 Å². The third-order valence-corrected chi connectivity index (χ3v) is 5.64. The minimum absolute atomic E-state index is 0. The fourth-order valence-corrected chi connectivity index (χ4v) is 3.65. The fourth-order valence-electron chi connectivity index (χ4n) is 2.56. The zero-order valence-electron chi connectivity index (χ0n) is 16.3. The second-order valence-electron chi connectivity index (χ2n) is 7.15. The zero-order chi connectivity index (χ0) is 19.9. The number of hydrogen-bond acceptors (Lipinski definition) is 6. The second-order valence-corrected chi connectivity index (χ2v) is 8.92. The van der Waals surface area contributed by atoms with Crippen molar-refractivity contribution < 1.29 is 22.7 Å². The summed E-state index contributed by atoms with van der Waals surface area (Å²) in [6.07, 6.45) is 2.49. The smallest absolute Gasteiger partial charge is 0.240 e. The molecule has 0 saturated carbocycles. The summed E-state index contributed by atoms with van der Waals surface area (Å²) in [6, 6.07) is 4.57. The molecule has 10 heteroatoms. The molecule has 0 radical (unpaired) electrons. The Hall–Kier alpha value is -1.55. The number of nitrogens with two attached hydrogens (primary N) is 1. The van der Waals surface area contributed by atoms with Gasteiger partial charge in [-0.25, -0.2) is 13.1 Å². The van der Waals surface area contributed by atoms with Gasteiger partial charge < -0.3 is 20.5 Å². The molecule has 1 aliphatic heterocycles. The molecule has 160 valence electrons. The predicted octanol–water partition coefficient (Wildman–Crippen LogP) is 1.57. The van der Waals surface area contributed by atoms with Gasteiger partial charge in [0.1, 0.15) is 13.2 Å². The lowest BCUT2D eigenvalue weighted by Crippen LogP contribution is -2.48. The minimum Gasteiger partial charge on any atom is -0.486 e. The monoisotopic (exact) mass is 435 g/mol. The average Bonchev–Trinajstić information content (AvgIpc) is 2.63. The fraction of sp³-hybridized carbons (Fsp3) is 0.611. The van der Waals surface area contributed by atoms with Crippen LogP contribution in [0, 0.1) is 0 Å². The van der Waals surface area contributed by atoms with Crippen molar-refractivity contribution in [1.82, 2.24) is 10.0 Å². The topological polar surface area (TPSA) is 120 Å². The molecule has 0 unspecified atom stereocenters. The first-order chi connectivity index (χ1) is 12.7. The molecule has 1 aromatic rings. The summed E-state index contributed by atoms with van der Waals surface area (Å²) in [5.74, 6) is 0.953. The van der Waals surface area contributed by atoms with Crippen LogP contribution in [0.2, 0.25) is 0 Å². The maximum Gasteiger partial charge on any atom is 0.240 e. The molecule has 0 bridgehead atoms. The van der Waals surface area contributed by atoms with Crippen molar-refractivity contribution in [1.29, 1.82) is 0 Å². The van der Waals surface area contributed by atoms with E-state index in [9.17, 15) is 13.2 Å². The van der Waals surface area contributed by atoms with Gasteiger partial charge in [-0.15, -0.1) is 12.4 Å². The SMILES string of the molecule is CC(C)(CN)NC(=O)CCCCCNS(=O)(=O)c1ccc2c(c1)OCCO2.Cl. The number of nitrogens with one attached hydrogen (secondary N) is 2. The number of amides is 1. The molecule has 2 rings (SSSR count). The normalized spacial score (nSPS) is 13.5. The first kappa shape index (κ1) is 24.5. The maximum atomic E-state index is 12.4. The van der Waals surface area contributed by atoms with Crippen LogP contribution in [0.3, 0.4) is 0 Å². The van der Waals surface area contributed by atoms with E-state index in [-0.39, 0.29) is 23.2 Å². The van der Waals surface area contributed by atoms with Gasteiger partial charge in [0.15, 0.2) is 11.5 Å². The van der Waals surface area contributed by atoms with Crippen LogP contribution in [0.4, 0.5) is 0 Å². The highest BCUT2D eigenvalue weighted by Crippen LogP contribution is 2.32. The Morgan fingerprint density at radius 3 is 2.50 bits per heavy atom. The van der Waals surface area contributed by atoms with Crippen molar-refractivity contribution in [3.05, 3.63) is 18.2 Å². The van der Waals surface area contributed by atoms with Crippen LogP contribution in [0.1, 0.15) is 39.5 Å². The van der Waals surface area contributed by atoms with Crippen LogP contribution in [-0.2, 0) is 14.8 Å². The molecule has 1 aliphatic rings. The zero-order valence-corrected chi connectivity index (χ0v) is 18.0. The van der Waals surface area contributed by atoms with Crippen LogP contribution in [0.25, 0.3) is 0 Å². The third-order valence-electron chi connectivity index (χ3n) is 4.18. The van der Waals surface area contributed by atoms with Crippen molar-refractivity contribution in [2.24, 2.45) is 5.73 Å². The predicted molar refractivity (Wildman–Crippen MR) is 110 cm³/mol. The molecule has 28 heavy (non-hydrogen) atoms. The van der Waals surface area contributed by atoms with Crippen LogP contribution < -0.4 is 25.2 Å². The van der Waals surface area contributed by atoms with E-state index in [1.54, 1.807) is 6.07 Å². The summed E-state index contributed by atoms with van der Waals surface area (Å²) < 4.78 is 38.1. The Morgan fingerprint density at radius 1 is 1.14 bits per heavy atom. The summed E-state index contributed by atoms with van der Waals surface area (Å²) >= 11 is 0. The molecule has 0 saturated heterocycles. The number of hydrogen-bond donors (Lipinski definition) is 3. The number of sulfonamides is 1. The van der Waals surface area contributed by atoms with Crippen molar-refractivity contribution in [3.63, 3.8) is 0 Å². The van der Waals surface area contributed by atoms with E-state index in [1.165, 1.54) is 12.1 Å². The quantitative estimate of drug-likeness (QED) is 0.480. The number of carbonyl (C=O) groups is 1. The first-order valence-corrected chi connectivity index (χ1v) is 10.6. The lowest BCUT2D eigenvalue weighted by atomic mass is 10.1. The molecule has 0 spiro atoms. The van der Waals surface area contributed by atoms with Gasteiger partial charge in [-0.1, -0.05) is 6.42 Å². The number of carbonyl (C=O) groups excluding carboxylic acids is 1. The van der Waals surface area contributed by atoms with E-state index in [0.29, 0.717) is 57.1 Å². The Kier molecular flexibility index (Phi) is 9.49. The van der Waals surface area contributed by atoms with E-state index in [0.717, 1.165) is 6.42 Å². The summed E-state index contributed by atoms with van der Waals surface area (Å²) in [7, 11) is -3.60. The molecular weight excluding hydrogens is 406 g/mol. The summed E-state index contributed by atoms with van der Waals surface area (Å²) in [5.41, 5.74) is 5.17. The highest BCUT2D eigenvalue weighted by molar-refractivity contribution is 7.89. The lowest BCUT2D eigenvalue weighted by Gasteiger charge is -2.24. The van der Waals surface area contributed by atoms with Crippen LogP contribution in [0.5, 0.6) is 11.5 Å². The van der Waals surface area contributed by atoms with Crippen molar-refractivity contribution in [2.45, 2.75) is 50.0 Å². The van der Waals surface area contributed by atoms with Gasteiger partial charge in [-0.05, 0) is 38.8 Å². The summed E-state index contributed by atoms with van der Waals surface area (Å²) in [5, 5.41) is 2.87. The molecule has 0 aromatic heterocycles. The number of halogens is 1. The first-order valence-electron chi connectivity index (χ1n) is 9.14. The molecule has 1 amide bonds. The van der Waals surface area contributed by atoms with Crippen LogP contribution >= 0.6 is 12.4 Å². The second kappa shape index (κ2) is 10.8. The largest absolute Gasteiger partial charge is 0.486 e. The van der Waals surface area contributed by atoms with Gasteiger partial charge in [-0.2, -0.15) is 0 Å². The summed E-state index contributed by atoms with van der Waals surface area (Å²) in [6.45, 7) is 5.29. The lowest BCUT2D eigenvalue weighted by molar-refractivity contribution is -0.122. The third kappa shape index (κ3) is 7.46. The van der Waals surface area contributed by atoms with E-state index in [4.69, 9.17) is 15.2 Å². The van der Waals surface area contributed by atoms with E-state index in [2.05, 4.69) is 10.0 Å². The molecule has 8 nitrogen and oxygen atoms in total. The van der Waals surface area contributed by atoms with E-state index < -0.39 is 15.6 Å². The van der Waals surface area contributed by atoms with Crippen LogP contribution in [0.15, 0.2) is 23.1 Å². The van der Waals surface area contributed by atoms with Gasteiger partial charge in [0.05, 0.1) is 4.90 Å². The molecule has 0 fully saturated rings. The molecule has 0 aliphatic carbocycles. The molecule has 0 atom stereocenters. The molecular formula is C18H30ClN3O5S. The Bertz CT molecular complexity index is 756. The molecule has 4 N–H and O–H groups in total. The Morgan fingerprint density at radius 2 is 1.82 bits per heavy atom. The Balaban J connectivity index is 0.00000392.